The van der Waals surface area contributed by atoms with Crippen LogP contribution in [0.25, 0.3) is 0 Å². The quantitative estimate of drug-likeness (QED) is 0.221. The van der Waals surface area contributed by atoms with E-state index in [0.717, 1.165) is 0 Å². The van der Waals surface area contributed by atoms with Crippen LogP contribution in [0.5, 0.6) is 5.75 Å². The monoisotopic (exact) mass is 541 g/mol. The predicted molar refractivity (Wildman–Crippen MR) is 117 cm³/mol. The van der Waals surface area contributed by atoms with Gasteiger partial charge < -0.3 is 30.0 Å². The van der Waals surface area contributed by atoms with Crippen molar-refractivity contribution in [3.8, 4) is 5.75 Å². The molecule has 2 heterocycles. The number of halogens is 2. The van der Waals surface area contributed by atoms with Crippen LogP contribution in [0.3, 0.4) is 0 Å². The molecule has 0 bridgehead atoms. The lowest BCUT2D eigenvalue weighted by Gasteiger charge is -2.08. The van der Waals surface area contributed by atoms with Gasteiger partial charge in [0.15, 0.2) is 12.4 Å². The standard InChI is InChI=1S/C18H17BrClN7O6/c1-10-15(19)16(27(30)31)24-26(10)8-13-23-18(33-25-13)17(29)22-7-6-21-14(28)9-32-12-5-3-2-4-11(12)20/h2-5H,6-9H2,1H3,(H,21,28)(H,22,29). The highest BCUT2D eigenvalue weighted by Gasteiger charge is 2.25. The van der Waals surface area contributed by atoms with Gasteiger partial charge in [0.2, 0.25) is 0 Å². The Balaban J connectivity index is 1.43. The number of carbonyl (C=O) groups is 2. The van der Waals surface area contributed by atoms with Crippen LogP contribution >= 0.6 is 27.5 Å². The minimum atomic E-state index is -0.639. The Kier molecular flexibility index (Phi) is 7.95. The lowest BCUT2D eigenvalue weighted by molar-refractivity contribution is -0.390. The molecule has 2 aromatic heterocycles. The van der Waals surface area contributed by atoms with Crippen LogP contribution in [0.4, 0.5) is 5.82 Å². The molecular weight excluding hydrogens is 526 g/mol. The second kappa shape index (κ2) is 10.9. The Morgan fingerprint density at radius 2 is 2.03 bits per heavy atom. The summed E-state index contributed by atoms with van der Waals surface area (Å²) in [6.45, 7) is 1.61. The van der Waals surface area contributed by atoms with Crippen molar-refractivity contribution >= 4 is 45.2 Å². The van der Waals surface area contributed by atoms with E-state index in [9.17, 15) is 19.7 Å². The molecule has 0 atom stereocenters. The molecule has 33 heavy (non-hydrogen) atoms. The van der Waals surface area contributed by atoms with E-state index in [0.29, 0.717) is 16.5 Å². The molecule has 174 valence electrons. The van der Waals surface area contributed by atoms with E-state index in [1.807, 2.05) is 0 Å². The van der Waals surface area contributed by atoms with Gasteiger partial charge in [-0.15, -0.1) is 0 Å². The van der Waals surface area contributed by atoms with Gasteiger partial charge in [0.1, 0.15) is 16.8 Å². The molecule has 2 amide bonds. The van der Waals surface area contributed by atoms with Crippen molar-refractivity contribution in [1.82, 2.24) is 30.6 Å². The first-order valence-electron chi connectivity index (χ1n) is 9.38. The third kappa shape index (κ3) is 6.26. The Hall–Kier alpha value is -3.52. The topological polar surface area (TPSA) is 167 Å². The minimum Gasteiger partial charge on any atom is -0.482 e. The molecule has 0 aliphatic heterocycles. The van der Waals surface area contributed by atoms with Gasteiger partial charge >= 0.3 is 17.6 Å². The van der Waals surface area contributed by atoms with Crippen LogP contribution in [-0.2, 0) is 11.3 Å². The Morgan fingerprint density at radius 3 is 2.73 bits per heavy atom. The van der Waals surface area contributed by atoms with Crippen LogP contribution in [0.15, 0.2) is 33.3 Å². The zero-order valence-corrected chi connectivity index (χ0v) is 19.4. The number of rotatable bonds is 10. The van der Waals surface area contributed by atoms with E-state index in [1.54, 1.807) is 31.2 Å². The van der Waals surface area contributed by atoms with Gasteiger partial charge in [-0.05, 0) is 39.9 Å². The Bertz CT molecular complexity index is 1180. The summed E-state index contributed by atoms with van der Waals surface area (Å²) < 4.78 is 11.8. The number of nitro groups is 1. The summed E-state index contributed by atoms with van der Waals surface area (Å²) in [6, 6.07) is 6.76. The first kappa shape index (κ1) is 24.1. The molecule has 13 nitrogen and oxygen atoms in total. The van der Waals surface area contributed by atoms with Gasteiger partial charge in [0, 0.05) is 13.1 Å². The smallest absolute Gasteiger partial charge is 0.404 e. The highest BCUT2D eigenvalue weighted by Crippen LogP contribution is 2.27. The number of hydrogen-bond donors (Lipinski definition) is 2. The summed E-state index contributed by atoms with van der Waals surface area (Å²) in [7, 11) is 0. The van der Waals surface area contributed by atoms with Crippen LogP contribution in [0.2, 0.25) is 5.02 Å². The first-order chi connectivity index (χ1) is 15.8. The van der Waals surface area contributed by atoms with Gasteiger partial charge in [-0.25, -0.2) is 0 Å². The second-order valence-corrected chi connectivity index (χ2v) is 7.68. The number of benzene rings is 1. The fourth-order valence-electron chi connectivity index (χ4n) is 2.53. The normalized spacial score (nSPS) is 10.6. The number of ether oxygens (including phenoxy) is 1. The first-order valence-corrected chi connectivity index (χ1v) is 10.6. The molecule has 0 spiro atoms. The highest BCUT2D eigenvalue weighted by atomic mass is 79.9. The van der Waals surface area contributed by atoms with Gasteiger partial charge in [-0.1, -0.05) is 28.9 Å². The predicted octanol–water partition coefficient (Wildman–Crippen LogP) is 1.87. The molecule has 1 aromatic carbocycles. The summed E-state index contributed by atoms with van der Waals surface area (Å²) in [4.78, 5) is 38.3. The van der Waals surface area contributed by atoms with Crippen molar-refractivity contribution in [3.05, 3.63) is 61.3 Å². The van der Waals surface area contributed by atoms with Crippen LogP contribution in [-0.4, -0.2) is 56.4 Å². The fourth-order valence-corrected chi connectivity index (χ4v) is 3.15. The van der Waals surface area contributed by atoms with Crippen molar-refractivity contribution in [2.45, 2.75) is 13.5 Å². The zero-order chi connectivity index (χ0) is 24.0. The van der Waals surface area contributed by atoms with E-state index in [4.69, 9.17) is 20.9 Å². The van der Waals surface area contributed by atoms with E-state index in [1.165, 1.54) is 4.68 Å². The van der Waals surface area contributed by atoms with Crippen molar-refractivity contribution in [2.75, 3.05) is 19.7 Å². The van der Waals surface area contributed by atoms with Gasteiger partial charge in [0.05, 0.1) is 15.8 Å². The number of aromatic nitrogens is 4. The van der Waals surface area contributed by atoms with Crippen LogP contribution in [0, 0.1) is 17.0 Å². The lowest BCUT2D eigenvalue weighted by atomic mass is 10.3. The highest BCUT2D eigenvalue weighted by molar-refractivity contribution is 9.10. The fraction of sp³-hybridized carbons (Fsp3) is 0.278. The molecule has 0 saturated heterocycles. The van der Waals surface area contributed by atoms with Gasteiger partial charge in [-0.3, -0.25) is 9.59 Å². The molecular formula is C18H17BrClN7O6. The molecule has 2 N–H and O–H groups in total. The van der Waals surface area contributed by atoms with Gasteiger partial charge in [-0.2, -0.15) is 9.67 Å². The number of nitrogens with one attached hydrogen (secondary N) is 2. The average Bonchev–Trinajstić information content (AvgIpc) is 3.36. The van der Waals surface area contributed by atoms with Crippen molar-refractivity contribution in [2.24, 2.45) is 0 Å². The summed E-state index contributed by atoms with van der Waals surface area (Å²) in [5, 5.41) is 24.0. The maximum Gasteiger partial charge on any atom is 0.404 e. The Morgan fingerprint density at radius 1 is 1.30 bits per heavy atom. The summed E-state index contributed by atoms with van der Waals surface area (Å²) in [6.07, 6.45) is 0. The van der Waals surface area contributed by atoms with E-state index < -0.39 is 10.8 Å². The summed E-state index contributed by atoms with van der Waals surface area (Å²) >= 11 is 9.06. The molecule has 3 rings (SSSR count). The Labute approximate surface area is 199 Å². The molecule has 3 aromatic rings. The largest absolute Gasteiger partial charge is 0.482 e. The maximum atomic E-state index is 12.1. The van der Waals surface area contributed by atoms with Crippen molar-refractivity contribution in [1.29, 1.82) is 0 Å². The molecule has 0 aliphatic carbocycles. The number of para-hydroxylation sites is 1. The molecule has 0 saturated carbocycles. The van der Waals surface area contributed by atoms with Crippen molar-refractivity contribution < 1.29 is 23.8 Å². The van der Waals surface area contributed by atoms with E-state index in [2.05, 4.69) is 41.8 Å². The van der Waals surface area contributed by atoms with Crippen molar-refractivity contribution in [3.63, 3.8) is 0 Å². The third-order valence-electron chi connectivity index (χ3n) is 4.17. The average molecular weight is 543 g/mol. The van der Waals surface area contributed by atoms with Gasteiger partial charge in [0.25, 0.3) is 5.91 Å². The molecule has 0 aliphatic rings. The zero-order valence-electron chi connectivity index (χ0n) is 17.1. The minimum absolute atomic E-state index is 0.0312. The number of amides is 2. The molecule has 0 radical (unpaired) electrons. The van der Waals surface area contributed by atoms with Crippen LogP contribution in [0.1, 0.15) is 22.2 Å². The van der Waals surface area contributed by atoms with E-state index in [-0.39, 0.29) is 54.2 Å². The SMILES string of the molecule is Cc1c(Br)c([N+](=O)[O-])nn1Cc1noc(C(=O)NCCNC(=O)COc2ccccc2Cl)n1. The number of hydrogen-bond acceptors (Lipinski definition) is 9. The second-order valence-electron chi connectivity index (χ2n) is 6.48. The molecule has 0 unspecified atom stereocenters. The third-order valence-corrected chi connectivity index (χ3v) is 5.41. The maximum absolute atomic E-state index is 12.1. The molecule has 0 fully saturated rings. The summed E-state index contributed by atoms with van der Waals surface area (Å²) in [5.41, 5.74) is 0.492. The lowest BCUT2D eigenvalue weighted by Crippen LogP contribution is -2.36. The summed E-state index contributed by atoms with van der Waals surface area (Å²) in [5.74, 6) is -1.16. The van der Waals surface area contributed by atoms with E-state index >= 15 is 0 Å². The van der Waals surface area contributed by atoms with Crippen LogP contribution < -0.4 is 15.4 Å². The molecule has 15 heteroatoms. The number of carbonyl (C=O) groups excluding carboxylic acids is 2. The number of nitrogens with zero attached hydrogens (tertiary/aromatic N) is 5.